The van der Waals surface area contributed by atoms with Gasteiger partial charge in [0.05, 0.1) is 19.1 Å². The number of likely N-dealkylation sites (N-methyl/N-ethyl adjacent to an activating group) is 1. The van der Waals surface area contributed by atoms with Crippen LogP contribution >= 0.6 is 0 Å². The Bertz CT molecular complexity index is 271. The molecule has 70 valence electrons. The Labute approximate surface area is 76.9 Å². The van der Waals surface area contributed by atoms with E-state index in [1.54, 1.807) is 24.4 Å². The van der Waals surface area contributed by atoms with E-state index in [1.165, 1.54) is 0 Å². The molecule has 13 heavy (non-hydrogen) atoms. The van der Waals surface area contributed by atoms with Gasteiger partial charge in [0.2, 0.25) is 5.91 Å². The Morgan fingerprint density at radius 3 is 3.38 bits per heavy atom. The average molecular weight is 180 g/mol. The quantitative estimate of drug-likeness (QED) is 0.534. The monoisotopic (exact) mass is 180 g/mol. The molecule has 0 N–H and O–H groups in total. The lowest BCUT2D eigenvalue weighted by Crippen LogP contribution is -2.44. The third-order valence-corrected chi connectivity index (χ3v) is 2.40. The van der Waals surface area contributed by atoms with Gasteiger partial charge in [-0.3, -0.25) is 9.79 Å². The molecular weight excluding hydrogens is 168 g/mol. The van der Waals surface area contributed by atoms with Gasteiger partial charge >= 0.3 is 0 Å². The summed E-state index contributed by atoms with van der Waals surface area (Å²) in [7, 11) is 1.79. The first kappa shape index (κ1) is 8.44. The molecule has 2 aliphatic rings. The van der Waals surface area contributed by atoms with E-state index in [-0.39, 0.29) is 18.1 Å². The van der Waals surface area contributed by atoms with Crippen molar-refractivity contribution in [3.63, 3.8) is 0 Å². The normalized spacial score (nSPS) is 33.0. The summed E-state index contributed by atoms with van der Waals surface area (Å²) in [5.41, 5.74) is 0. The second-order valence-corrected chi connectivity index (χ2v) is 3.22. The number of hydrogen-bond acceptors (Lipinski definition) is 3. The summed E-state index contributed by atoms with van der Waals surface area (Å²) in [6.07, 6.45) is 5.80. The highest BCUT2D eigenvalue weighted by Crippen LogP contribution is 2.15. The minimum absolute atomic E-state index is 0.0195. The molecule has 0 aliphatic carbocycles. The van der Waals surface area contributed by atoms with Crippen LogP contribution in [0.5, 0.6) is 0 Å². The molecular formula is C9H12N2O2. The van der Waals surface area contributed by atoms with Gasteiger partial charge in [-0.15, -0.1) is 0 Å². The Morgan fingerprint density at radius 1 is 1.69 bits per heavy atom. The molecule has 0 aromatic rings. The molecule has 2 aliphatic heterocycles. The van der Waals surface area contributed by atoms with Gasteiger partial charge in [-0.2, -0.15) is 0 Å². The van der Waals surface area contributed by atoms with Crippen molar-refractivity contribution in [2.45, 2.75) is 18.6 Å². The van der Waals surface area contributed by atoms with E-state index in [0.29, 0.717) is 13.0 Å². The molecule has 0 bridgehead atoms. The van der Waals surface area contributed by atoms with Gasteiger partial charge in [0.15, 0.2) is 0 Å². The molecule has 0 radical (unpaired) electrons. The van der Waals surface area contributed by atoms with E-state index in [1.807, 2.05) is 6.08 Å². The number of ether oxygens (including phenoxy) is 1. The van der Waals surface area contributed by atoms with Crippen molar-refractivity contribution in [2.75, 3.05) is 13.7 Å². The summed E-state index contributed by atoms with van der Waals surface area (Å²) in [5.74, 6) is 0.120. The second kappa shape index (κ2) is 3.30. The number of hydrogen-bond donors (Lipinski definition) is 0. The lowest BCUT2D eigenvalue weighted by Gasteiger charge is -2.28. The van der Waals surface area contributed by atoms with E-state index >= 15 is 0 Å². The number of nitrogens with zero attached hydrogens (tertiary/aromatic N) is 2. The lowest BCUT2D eigenvalue weighted by molar-refractivity contribution is -0.130. The number of rotatable bonds is 0. The van der Waals surface area contributed by atoms with E-state index in [4.69, 9.17) is 4.74 Å². The first-order chi connectivity index (χ1) is 6.29. The fourth-order valence-corrected chi connectivity index (χ4v) is 1.57. The maximum Gasteiger partial charge on any atom is 0.225 e. The SMILES string of the molecule is CN1C(=O)CCOC2C=CN=CC21. The van der Waals surface area contributed by atoms with Crippen molar-refractivity contribution >= 4 is 12.1 Å². The molecule has 0 spiro atoms. The van der Waals surface area contributed by atoms with Gasteiger partial charge in [0, 0.05) is 19.5 Å². The molecule has 1 amide bonds. The van der Waals surface area contributed by atoms with Crippen LogP contribution < -0.4 is 0 Å². The average Bonchev–Trinajstić information content (AvgIpc) is 2.29. The van der Waals surface area contributed by atoms with Gasteiger partial charge < -0.3 is 9.64 Å². The van der Waals surface area contributed by atoms with Crippen LogP contribution in [-0.2, 0) is 9.53 Å². The maximum absolute atomic E-state index is 11.4. The summed E-state index contributed by atoms with van der Waals surface area (Å²) in [5, 5.41) is 0. The van der Waals surface area contributed by atoms with Crippen LogP contribution in [0.1, 0.15) is 6.42 Å². The minimum Gasteiger partial charge on any atom is -0.371 e. The largest absolute Gasteiger partial charge is 0.371 e. The van der Waals surface area contributed by atoms with Crippen molar-refractivity contribution in [2.24, 2.45) is 4.99 Å². The summed E-state index contributed by atoms with van der Waals surface area (Å²) in [6.45, 7) is 0.503. The molecule has 2 rings (SSSR count). The Kier molecular flexibility index (Phi) is 2.14. The zero-order valence-electron chi connectivity index (χ0n) is 7.51. The smallest absolute Gasteiger partial charge is 0.225 e. The first-order valence-electron chi connectivity index (χ1n) is 4.36. The van der Waals surface area contributed by atoms with Crippen LogP contribution in [0.15, 0.2) is 17.3 Å². The molecule has 2 atom stereocenters. The van der Waals surface area contributed by atoms with E-state index in [0.717, 1.165) is 0 Å². The van der Waals surface area contributed by atoms with E-state index in [9.17, 15) is 4.79 Å². The Hall–Kier alpha value is -1.16. The van der Waals surface area contributed by atoms with E-state index in [2.05, 4.69) is 4.99 Å². The molecule has 0 aromatic carbocycles. The predicted molar refractivity (Wildman–Crippen MR) is 48.5 cm³/mol. The van der Waals surface area contributed by atoms with Gasteiger partial charge in [-0.1, -0.05) is 0 Å². The molecule has 2 heterocycles. The number of amides is 1. The molecule has 4 nitrogen and oxygen atoms in total. The summed E-state index contributed by atoms with van der Waals surface area (Å²) in [6, 6.07) is -0.0278. The number of carbonyl (C=O) groups is 1. The molecule has 4 heteroatoms. The first-order valence-corrected chi connectivity index (χ1v) is 4.36. The summed E-state index contributed by atoms with van der Waals surface area (Å²) in [4.78, 5) is 17.1. The van der Waals surface area contributed by atoms with Gasteiger partial charge in [0.1, 0.15) is 6.10 Å². The summed E-state index contributed by atoms with van der Waals surface area (Å²) >= 11 is 0. The van der Waals surface area contributed by atoms with Crippen molar-refractivity contribution in [1.82, 2.24) is 4.90 Å². The number of fused-ring (bicyclic) bond motifs is 1. The van der Waals surface area contributed by atoms with E-state index < -0.39 is 0 Å². The van der Waals surface area contributed by atoms with Crippen LogP contribution in [0.25, 0.3) is 0 Å². The number of aliphatic imine (C=N–C) groups is 1. The molecule has 2 unspecified atom stereocenters. The van der Waals surface area contributed by atoms with Crippen LogP contribution in [0, 0.1) is 0 Å². The van der Waals surface area contributed by atoms with Crippen molar-refractivity contribution in [1.29, 1.82) is 0 Å². The van der Waals surface area contributed by atoms with Crippen LogP contribution in [0.3, 0.4) is 0 Å². The molecule has 0 saturated carbocycles. The number of carbonyl (C=O) groups excluding carboxylic acids is 1. The highest BCUT2D eigenvalue weighted by Gasteiger charge is 2.30. The third kappa shape index (κ3) is 1.49. The molecule has 1 saturated heterocycles. The topological polar surface area (TPSA) is 41.9 Å². The minimum atomic E-state index is -0.0278. The zero-order valence-corrected chi connectivity index (χ0v) is 7.51. The second-order valence-electron chi connectivity index (χ2n) is 3.22. The van der Waals surface area contributed by atoms with Crippen LogP contribution in [0.2, 0.25) is 0 Å². The van der Waals surface area contributed by atoms with Gasteiger partial charge in [0.25, 0.3) is 0 Å². The Morgan fingerprint density at radius 2 is 2.54 bits per heavy atom. The van der Waals surface area contributed by atoms with Crippen LogP contribution in [0.4, 0.5) is 0 Å². The molecule has 1 fully saturated rings. The fourth-order valence-electron chi connectivity index (χ4n) is 1.57. The molecule has 0 aromatic heterocycles. The van der Waals surface area contributed by atoms with Gasteiger partial charge in [-0.05, 0) is 6.08 Å². The lowest BCUT2D eigenvalue weighted by atomic mass is 10.1. The third-order valence-electron chi connectivity index (χ3n) is 2.40. The van der Waals surface area contributed by atoms with Gasteiger partial charge in [-0.25, -0.2) is 0 Å². The fraction of sp³-hybridized carbons (Fsp3) is 0.556. The predicted octanol–water partition coefficient (Wildman–Crippen LogP) is 0.200. The zero-order chi connectivity index (χ0) is 9.26. The highest BCUT2D eigenvalue weighted by molar-refractivity contribution is 5.82. The standard InChI is InChI=1S/C9H12N2O2/c1-11-7-6-10-4-2-8(7)13-5-3-9(11)12/h2,4,6-8H,3,5H2,1H3. The van der Waals surface area contributed by atoms with Crippen molar-refractivity contribution in [3.05, 3.63) is 12.3 Å². The Balaban J connectivity index is 2.22. The van der Waals surface area contributed by atoms with Crippen LogP contribution in [-0.4, -0.2) is 42.8 Å². The maximum atomic E-state index is 11.4. The van der Waals surface area contributed by atoms with Crippen molar-refractivity contribution in [3.8, 4) is 0 Å². The van der Waals surface area contributed by atoms with Crippen molar-refractivity contribution < 1.29 is 9.53 Å². The summed E-state index contributed by atoms with van der Waals surface area (Å²) < 4.78 is 5.51. The highest BCUT2D eigenvalue weighted by atomic mass is 16.5.